The number of nitriles is 1. The number of ether oxygens (including phenoxy) is 2. The number of nitrogens with zero attached hydrogens (tertiary/aromatic N) is 2. The number of benzene rings is 1. The summed E-state index contributed by atoms with van der Waals surface area (Å²) in [6.07, 6.45) is -1.11. The van der Waals surface area contributed by atoms with Crippen molar-refractivity contribution in [3.63, 3.8) is 0 Å². The Bertz CT molecular complexity index is 642. The predicted molar refractivity (Wildman–Crippen MR) is 78.7 cm³/mol. The molecule has 1 N–H and O–H groups in total. The summed E-state index contributed by atoms with van der Waals surface area (Å²) in [4.78, 5) is 25.6. The van der Waals surface area contributed by atoms with Crippen LogP contribution in [0.5, 0.6) is 0 Å². The maximum atomic E-state index is 12.3. The lowest BCUT2D eigenvalue weighted by molar-refractivity contribution is -0.131. The number of carbonyl (C=O) groups excluding carboxylic acids is 2. The molecule has 0 radical (unpaired) electrons. The number of hydrogen-bond donors (Lipinski definition) is 1. The molecule has 2 saturated heterocycles. The molecule has 0 saturated carbocycles. The van der Waals surface area contributed by atoms with Crippen LogP contribution in [-0.2, 0) is 20.9 Å². The summed E-state index contributed by atoms with van der Waals surface area (Å²) in [6, 6.07) is 10.0. The molecule has 1 aromatic rings. The minimum atomic E-state index is -0.716. The lowest BCUT2D eigenvalue weighted by Crippen LogP contribution is -2.45. The third-order valence-corrected chi connectivity index (χ3v) is 4.05. The lowest BCUT2D eigenvalue weighted by atomic mass is 10.2. The van der Waals surface area contributed by atoms with Crippen LogP contribution >= 0.6 is 0 Å². The zero-order valence-corrected chi connectivity index (χ0v) is 12.6. The van der Waals surface area contributed by atoms with Crippen LogP contribution in [0.4, 0.5) is 4.79 Å². The first-order valence-corrected chi connectivity index (χ1v) is 7.44. The number of amides is 2. The number of fused-ring (bicyclic) bond motifs is 1. The first kappa shape index (κ1) is 15.3. The molecule has 4 atom stereocenters. The number of alkyl carbamates (subject to hydrolysis) is 1. The largest absolute Gasteiger partial charge is 0.445 e. The molecule has 7 heteroatoms. The van der Waals surface area contributed by atoms with E-state index in [0.29, 0.717) is 6.42 Å². The summed E-state index contributed by atoms with van der Waals surface area (Å²) in [5, 5.41) is 11.7. The molecular formula is C16H17N3O4. The van der Waals surface area contributed by atoms with E-state index in [4.69, 9.17) is 14.7 Å². The molecule has 1 aromatic carbocycles. The molecule has 0 bridgehead atoms. The molecule has 120 valence electrons. The maximum Gasteiger partial charge on any atom is 0.408 e. The zero-order valence-electron chi connectivity index (χ0n) is 12.6. The van der Waals surface area contributed by atoms with Gasteiger partial charge in [0.25, 0.3) is 0 Å². The zero-order chi connectivity index (χ0) is 16.4. The number of nitrogens with one attached hydrogen (secondary N) is 1. The monoisotopic (exact) mass is 315 g/mol. The van der Waals surface area contributed by atoms with E-state index in [1.165, 1.54) is 4.90 Å². The summed E-state index contributed by atoms with van der Waals surface area (Å²) >= 11 is 0. The molecule has 2 amide bonds. The van der Waals surface area contributed by atoms with Crippen LogP contribution in [0.15, 0.2) is 30.3 Å². The van der Waals surface area contributed by atoms with E-state index in [2.05, 4.69) is 11.4 Å². The van der Waals surface area contributed by atoms with Gasteiger partial charge in [-0.25, -0.2) is 4.79 Å². The second-order valence-electron chi connectivity index (χ2n) is 5.61. The van der Waals surface area contributed by atoms with Crippen molar-refractivity contribution in [1.29, 1.82) is 5.26 Å². The normalized spacial score (nSPS) is 29.0. The molecule has 7 nitrogen and oxygen atoms in total. The molecule has 23 heavy (non-hydrogen) atoms. The summed E-state index contributed by atoms with van der Waals surface area (Å²) < 4.78 is 10.7. The van der Waals surface area contributed by atoms with Crippen molar-refractivity contribution < 1.29 is 19.1 Å². The Morgan fingerprint density at radius 3 is 2.91 bits per heavy atom. The van der Waals surface area contributed by atoms with Gasteiger partial charge >= 0.3 is 6.09 Å². The average Bonchev–Trinajstić information content (AvgIpc) is 3.02. The van der Waals surface area contributed by atoms with Crippen molar-refractivity contribution in [2.45, 2.75) is 44.4 Å². The standard InChI is InChI=1S/C16H17N3O4/c1-10-13(8-17)19-14(23-10)7-12(15(19)20)18-16(21)22-9-11-5-3-2-4-6-11/h2-6,10,12-14H,7,9H2,1H3,(H,18,21)/t10-,12-,13-,14+/m1/s1. The van der Waals surface area contributed by atoms with Gasteiger partial charge in [-0.1, -0.05) is 30.3 Å². The van der Waals surface area contributed by atoms with E-state index < -0.39 is 24.4 Å². The molecule has 2 aliphatic rings. The number of rotatable bonds is 3. The summed E-state index contributed by atoms with van der Waals surface area (Å²) in [5.74, 6) is -0.303. The van der Waals surface area contributed by atoms with Gasteiger partial charge in [-0.3, -0.25) is 9.69 Å². The molecule has 3 rings (SSSR count). The van der Waals surface area contributed by atoms with Crippen molar-refractivity contribution in [1.82, 2.24) is 10.2 Å². The van der Waals surface area contributed by atoms with Gasteiger partial charge in [0.15, 0.2) is 0 Å². The number of hydrogen-bond acceptors (Lipinski definition) is 5. The van der Waals surface area contributed by atoms with Crippen LogP contribution in [0, 0.1) is 11.3 Å². The van der Waals surface area contributed by atoms with Crippen molar-refractivity contribution in [3.05, 3.63) is 35.9 Å². The Balaban J connectivity index is 1.54. The van der Waals surface area contributed by atoms with Crippen molar-refractivity contribution in [2.75, 3.05) is 0 Å². The summed E-state index contributed by atoms with van der Waals surface area (Å²) in [6.45, 7) is 1.89. The van der Waals surface area contributed by atoms with Crippen molar-refractivity contribution in [2.24, 2.45) is 0 Å². The molecule has 2 aliphatic heterocycles. The Morgan fingerprint density at radius 2 is 2.22 bits per heavy atom. The fourth-order valence-electron chi connectivity index (χ4n) is 2.92. The molecule has 0 aromatic heterocycles. The van der Waals surface area contributed by atoms with E-state index >= 15 is 0 Å². The van der Waals surface area contributed by atoms with Crippen LogP contribution < -0.4 is 5.32 Å². The third kappa shape index (κ3) is 2.98. The van der Waals surface area contributed by atoms with Gasteiger partial charge in [-0.2, -0.15) is 5.26 Å². The fourth-order valence-corrected chi connectivity index (χ4v) is 2.92. The van der Waals surface area contributed by atoms with Crippen LogP contribution in [0.2, 0.25) is 0 Å². The lowest BCUT2D eigenvalue weighted by Gasteiger charge is -2.18. The smallest absolute Gasteiger partial charge is 0.408 e. The van der Waals surface area contributed by atoms with Gasteiger partial charge in [0, 0.05) is 6.42 Å². The summed E-state index contributed by atoms with van der Waals surface area (Å²) in [7, 11) is 0. The van der Waals surface area contributed by atoms with Gasteiger partial charge in [0.05, 0.1) is 12.2 Å². The van der Waals surface area contributed by atoms with Gasteiger partial charge in [0.2, 0.25) is 5.91 Å². The maximum absolute atomic E-state index is 12.3. The molecule has 2 fully saturated rings. The Morgan fingerprint density at radius 1 is 1.48 bits per heavy atom. The fraction of sp³-hybridized carbons (Fsp3) is 0.438. The quantitative estimate of drug-likeness (QED) is 0.903. The summed E-state index contributed by atoms with van der Waals surface area (Å²) in [5.41, 5.74) is 0.864. The van der Waals surface area contributed by atoms with Crippen LogP contribution in [0.3, 0.4) is 0 Å². The minimum Gasteiger partial charge on any atom is -0.445 e. The topological polar surface area (TPSA) is 91.7 Å². The van der Waals surface area contributed by atoms with Crippen molar-refractivity contribution >= 4 is 12.0 Å². The van der Waals surface area contributed by atoms with Gasteiger partial charge in [0.1, 0.15) is 24.9 Å². The van der Waals surface area contributed by atoms with E-state index in [1.54, 1.807) is 6.92 Å². The third-order valence-electron chi connectivity index (χ3n) is 4.05. The van der Waals surface area contributed by atoms with E-state index in [-0.39, 0.29) is 18.6 Å². The van der Waals surface area contributed by atoms with Gasteiger partial charge in [-0.05, 0) is 12.5 Å². The van der Waals surface area contributed by atoms with Crippen LogP contribution in [0.1, 0.15) is 18.9 Å². The minimum absolute atomic E-state index is 0.134. The van der Waals surface area contributed by atoms with E-state index in [1.807, 2.05) is 30.3 Å². The predicted octanol–water partition coefficient (Wildman–Crippen LogP) is 1.15. The van der Waals surface area contributed by atoms with E-state index in [0.717, 1.165) is 5.56 Å². The highest BCUT2D eigenvalue weighted by Crippen LogP contribution is 2.32. The first-order chi connectivity index (χ1) is 11.1. The van der Waals surface area contributed by atoms with E-state index in [9.17, 15) is 9.59 Å². The SMILES string of the molecule is C[C@H]1O[C@H]2C[C@@H](NC(=O)OCc3ccccc3)C(=O)N2[C@@H]1C#N. The molecule has 2 heterocycles. The first-order valence-electron chi connectivity index (χ1n) is 7.44. The van der Waals surface area contributed by atoms with Crippen molar-refractivity contribution in [3.8, 4) is 6.07 Å². The Labute approximate surface area is 133 Å². The average molecular weight is 315 g/mol. The Kier molecular flexibility index (Phi) is 4.17. The highest BCUT2D eigenvalue weighted by molar-refractivity contribution is 5.88. The highest BCUT2D eigenvalue weighted by atomic mass is 16.5. The Hall–Kier alpha value is -2.59. The highest BCUT2D eigenvalue weighted by Gasteiger charge is 2.51. The molecule has 0 spiro atoms. The van der Waals surface area contributed by atoms with Crippen LogP contribution in [0.25, 0.3) is 0 Å². The molecular weight excluding hydrogens is 298 g/mol. The second kappa shape index (κ2) is 6.26. The molecule has 0 unspecified atom stereocenters. The van der Waals surface area contributed by atoms with Gasteiger partial charge in [-0.15, -0.1) is 0 Å². The number of carbonyl (C=O) groups is 2. The molecule has 0 aliphatic carbocycles. The van der Waals surface area contributed by atoms with Crippen LogP contribution in [-0.4, -0.2) is 41.3 Å². The van der Waals surface area contributed by atoms with Gasteiger partial charge < -0.3 is 14.8 Å². The second-order valence-corrected chi connectivity index (χ2v) is 5.61.